The van der Waals surface area contributed by atoms with Gasteiger partial charge < -0.3 is 9.63 Å². The molecule has 3 aromatic carbocycles. The van der Waals surface area contributed by atoms with Gasteiger partial charge in [-0.05, 0) is 48.9 Å². The molecule has 4 aromatic rings. The number of hydrogen-bond acceptors (Lipinski definition) is 4. The highest BCUT2D eigenvalue weighted by molar-refractivity contribution is 6.38. The van der Waals surface area contributed by atoms with Crippen LogP contribution in [0.4, 0.5) is 8.78 Å². The third-order valence-electron chi connectivity index (χ3n) is 4.33. The third kappa shape index (κ3) is 3.45. The fourth-order valence-corrected chi connectivity index (χ4v) is 3.60. The molecule has 0 aliphatic rings. The molecule has 8 heteroatoms. The molecule has 4 rings (SSSR count). The molecule has 0 saturated carbocycles. The van der Waals surface area contributed by atoms with Crippen molar-refractivity contribution in [3.8, 4) is 39.7 Å². The first-order valence-corrected chi connectivity index (χ1v) is 9.19. The predicted octanol–water partition coefficient (Wildman–Crippen LogP) is 6.67. The number of aromatic nitrogens is 2. The molecule has 1 aromatic heterocycles. The summed E-state index contributed by atoms with van der Waals surface area (Å²) in [6, 6.07) is 11.5. The second-order valence-corrected chi connectivity index (χ2v) is 7.14. The van der Waals surface area contributed by atoms with Crippen LogP contribution in [0.1, 0.15) is 5.56 Å². The van der Waals surface area contributed by atoms with Gasteiger partial charge in [0.2, 0.25) is 5.82 Å². The Labute approximate surface area is 174 Å². The number of phenolic OH excluding ortho intramolecular Hbond substituents is 1. The maximum atomic E-state index is 14.3. The number of hydrogen-bond donors (Lipinski definition) is 1. The van der Waals surface area contributed by atoms with Crippen LogP contribution in [0.15, 0.2) is 53.1 Å². The van der Waals surface area contributed by atoms with E-state index in [2.05, 4.69) is 10.1 Å². The van der Waals surface area contributed by atoms with Gasteiger partial charge in [-0.2, -0.15) is 4.98 Å². The zero-order valence-corrected chi connectivity index (χ0v) is 16.4. The Kier molecular flexibility index (Phi) is 4.98. The zero-order valence-electron chi connectivity index (χ0n) is 14.9. The highest BCUT2D eigenvalue weighted by Gasteiger charge is 2.23. The van der Waals surface area contributed by atoms with Crippen LogP contribution >= 0.6 is 23.2 Å². The summed E-state index contributed by atoms with van der Waals surface area (Å²) >= 11 is 12.4. The smallest absolute Gasteiger partial charge is 0.262 e. The number of halogens is 4. The molecule has 0 saturated heterocycles. The van der Waals surface area contributed by atoms with Crippen molar-refractivity contribution in [2.75, 3.05) is 0 Å². The fourth-order valence-electron chi connectivity index (χ4n) is 3.03. The van der Waals surface area contributed by atoms with Crippen molar-refractivity contribution in [1.29, 1.82) is 0 Å². The van der Waals surface area contributed by atoms with Gasteiger partial charge in [-0.3, -0.25) is 0 Å². The average molecular weight is 433 g/mol. The van der Waals surface area contributed by atoms with Crippen molar-refractivity contribution in [2.45, 2.75) is 6.92 Å². The minimum atomic E-state index is -0.800. The lowest BCUT2D eigenvalue weighted by molar-refractivity contribution is 0.426. The number of benzene rings is 3. The van der Waals surface area contributed by atoms with Gasteiger partial charge in [0.1, 0.15) is 17.4 Å². The molecular formula is C21H12Cl2F2N2O2. The lowest BCUT2D eigenvalue weighted by Crippen LogP contribution is -1.93. The van der Waals surface area contributed by atoms with E-state index in [-0.39, 0.29) is 34.2 Å². The van der Waals surface area contributed by atoms with Gasteiger partial charge >= 0.3 is 0 Å². The van der Waals surface area contributed by atoms with Gasteiger partial charge in [0, 0.05) is 5.56 Å². The van der Waals surface area contributed by atoms with Gasteiger partial charge in [0.25, 0.3) is 5.89 Å². The first-order valence-electron chi connectivity index (χ1n) is 8.43. The molecule has 0 aliphatic heterocycles. The zero-order chi connectivity index (χ0) is 20.7. The van der Waals surface area contributed by atoms with Gasteiger partial charge in [-0.25, -0.2) is 8.78 Å². The number of nitrogens with zero attached hydrogens (tertiary/aromatic N) is 2. The Balaban J connectivity index is 1.88. The van der Waals surface area contributed by atoms with E-state index in [4.69, 9.17) is 27.7 Å². The lowest BCUT2D eigenvalue weighted by atomic mass is 9.97. The first-order chi connectivity index (χ1) is 13.9. The van der Waals surface area contributed by atoms with Gasteiger partial charge in [-0.1, -0.05) is 40.5 Å². The van der Waals surface area contributed by atoms with Crippen LogP contribution in [0, 0.1) is 18.6 Å². The van der Waals surface area contributed by atoms with Crippen molar-refractivity contribution in [2.24, 2.45) is 0 Å². The summed E-state index contributed by atoms with van der Waals surface area (Å²) in [5, 5.41) is 15.3. The molecule has 0 spiro atoms. The Morgan fingerprint density at radius 3 is 2.14 bits per heavy atom. The van der Waals surface area contributed by atoms with Gasteiger partial charge in [-0.15, -0.1) is 0 Å². The number of phenols is 1. The fraction of sp³-hybridized carbons (Fsp3) is 0.0476. The van der Waals surface area contributed by atoms with Crippen LogP contribution in [-0.4, -0.2) is 15.2 Å². The number of aromatic hydroxyl groups is 1. The highest BCUT2D eigenvalue weighted by atomic mass is 35.5. The second-order valence-electron chi connectivity index (χ2n) is 6.33. The summed E-state index contributed by atoms with van der Waals surface area (Å²) in [4.78, 5) is 4.26. The summed E-state index contributed by atoms with van der Waals surface area (Å²) in [5.41, 5.74) is 0.767. The van der Waals surface area contributed by atoms with E-state index in [0.29, 0.717) is 21.2 Å². The van der Waals surface area contributed by atoms with E-state index in [0.717, 1.165) is 12.1 Å². The minimum absolute atomic E-state index is 0.0221. The molecule has 0 fully saturated rings. The van der Waals surface area contributed by atoms with Crippen molar-refractivity contribution in [1.82, 2.24) is 10.1 Å². The monoisotopic (exact) mass is 432 g/mol. The van der Waals surface area contributed by atoms with E-state index in [1.807, 2.05) is 0 Å². The van der Waals surface area contributed by atoms with E-state index in [1.54, 1.807) is 31.2 Å². The molecule has 0 atom stereocenters. The van der Waals surface area contributed by atoms with Crippen molar-refractivity contribution in [3.63, 3.8) is 0 Å². The molecule has 0 aliphatic carbocycles. The van der Waals surface area contributed by atoms with Crippen molar-refractivity contribution < 1.29 is 18.4 Å². The molecule has 0 unspecified atom stereocenters. The second kappa shape index (κ2) is 7.46. The normalized spacial score (nSPS) is 11.1. The van der Waals surface area contributed by atoms with E-state index < -0.39 is 11.6 Å². The van der Waals surface area contributed by atoms with Crippen LogP contribution in [0.2, 0.25) is 10.0 Å². The first kappa shape index (κ1) is 19.4. The molecule has 4 nitrogen and oxygen atoms in total. The standard InChI is InChI=1S/C21H12Cl2F2N2O2/c1-10-8-11(17-15(24)6-3-7-16(17)25)19(28)12(9-10)21-26-20(27-29-21)18-13(22)4-2-5-14(18)23/h2-9,28H,1H3. The van der Waals surface area contributed by atoms with E-state index in [9.17, 15) is 13.9 Å². The molecule has 1 heterocycles. The topological polar surface area (TPSA) is 59.2 Å². The maximum absolute atomic E-state index is 14.3. The Morgan fingerprint density at radius 1 is 0.897 bits per heavy atom. The Hall–Kier alpha value is -2.96. The predicted molar refractivity (Wildman–Crippen MR) is 107 cm³/mol. The summed E-state index contributed by atoms with van der Waals surface area (Å²) in [6.07, 6.45) is 0. The van der Waals surface area contributed by atoms with Gasteiger partial charge in [0.05, 0.1) is 26.7 Å². The molecule has 0 radical (unpaired) electrons. The van der Waals surface area contributed by atoms with Crippen molar-refractivity contribution in [3.05, 3.63) is 75.8 Å². The summed E-state index contributed by atoms with van der Waals surface area (Å²) < 4.78 is 33.8. The van der Waals surface area contributed by atoms with Gasteiger partial charge in [0.15, 0.2) is 0 Å². The third-order valence-corrected chi connectivity index (χ3v) is 4.96. The van der Waals surface area contributed by atoms with Crippen LogP contribution in [0.3, 0.4) is 0 Å². The quantitative estimate of drug-likeness (QED) is 0.392. The number of rotatable bonds is 3. The molecule has 0 amide bonds. The minimum Gasteiger partial charge on any atom is -0.506 e. The van der Waals surface area contributed by atoms with Crippen LogP contribution in [0.5, 0.6) is 5.75 Å². The SMILES string of the molecule is Cc1cc(-c2nc(-c3c(Cl)cccc3Cl)no2)c(O)c(-c2c(F)cccc2F)c1. The molecule has 146 valence electrons. The van der Waals surface area contributed by atoms with Crippen molar-refractivity contribution >= 4 is 23.2 Å². The Morgan fingerprint density at radius 2 is 1.48 bits per heavy atom. The average Bonchev–Trinajstić information content (AvgIpc) is 3.13. The highest BCUT2D eigenvalue weighted by Crippen LogP contribution is 2.41. The molecular weight excluding hydrogens is 421 g/mol. The summed E-state index contributed by atoms with van der Waals surface area (Å²) in [6.45, 7) is 1.72. The number of aryl methyl sites for hydroxylation is 1. The Bertz CT molecular complexity index is 1200. The summed E-state index contributed by atoms with van der Waals surface area (Å²) in [7, 11) is 0. The lowest BCUT2D eigenvalue weighted by Gasteiger charge is -2.11. The maximum Gasteiger partial charge on any atom is 0.262 e. The van der Waals surface area contributed by atoms with Crippen LogP contribution < -0.4 is 0 Å². The van der Waals surface area contributed by atoms with E-state index in [1.165, 1.54) is 12.1 Å². The molecule has 0 bridgehead atoms. The molecule has 1 N–H and O–H groups in total. The largest absolute Gasteiger partial charge is 0.506 e. The van der Waals surface area contributed by atoms with E-state index >= 15 is 0 Å². The summed E-state index contributed by atoms with van der Waals surface area (Å²) in [5.74, 6) is -1.91. The van der Waals surface area contributed by atoms with Crippen LogP contribution in [0.25, 0.3) is 34.0 Å². The molecule has 29 heavy (non-hydrogen) atoms. The van der Waals surface area contributed by atoms with Crippen LogP contribution in [-0.2, 0) is 0 Å².